The Balaban J connectivity index is 2.34. The summed E-state index contributed by atoms with van der Waals surface area (Å²) in [7, 11) is 0. The van der Waals surface area contributed by atoms with Crippen molar-refractivity contribution in [2.45, 2.75) is 52.4 Å². The highest BCUT2D eigenvalue weighted by atomic mass is 32.1. The minimum Gasteiger partial charge on any atom is -0.481 e. The van der Waals surface area contributed by atoms with E-state index >= 15 is 0 Å². The van der Waals surface area contributed by atoms with Crippen LogP contribution in [0.1, 0.15) is 51.6 Å². The van der Waals surface area contributed by atoms with Gasteiger partial charge in [-0.15, -0.1) is 11.3 Å². The second-order valence-corrected chi connectivity index (χ2v) is 5.69. The molecule has 19 heavy (non-hydrogen) atoms. The number of anilines is 1. The summed E-state index contributed by atoms with van der Waals surface area (Å²) in [4.78, 5) is 14.9. The van der Waals surface area contributed by atoms with Gasteiger partial charge in [-0.3, -0.25) is 4.79 Å². The van der Waals surface area contributed by atoms with Gasteiger partial charge in [-0.25, -0.2) is 4.98 Å². The monoisotopic (exact) mass is 284 g/mol. The average molecular weight is 284 g/mol. The molecule has 5 heteroatoms. The lowest BCUT2D eigenvalue weighted by Gasteiger charge is -2.14. The molecule has 0 bridgehead atoms. The van der Waals surface area contributed by atoms with Crippen molar-refractivity contribution in [1.82, 2.24) is 4.98 Å². The van der Waals surface area contributed by atoms with Gasteiger partial charge in [0.15, 0.2) is 5.13 Å². The molecule has 0 aliphatic rings. The van der Waals surface area contributed by atoms with E-state index in [-0.39, 0.29) is 6.42 Å². The molecule has 0 saturated heterocycles. The van der Waals surface area contributed by atoms with Gasteiger partial charge in [0.25, 0.3) is 0 Å². The van der Waals surface area contributed by atoms with Crippen LogP contribution in [0.2, 0.25) is 0 Å². The van der Waals surface area contributed by atoms with E-state index < -0.39 is 5.97 Å². The van der Waals surface area contributed by atoms with Crippen LogP contribution in [-0.4, -0.2) is 22.6 Å². The number of thiazole rings is 1. The molecule has 2 N–H and O–H groups in total. The Bertz CT molecular complexity index is 379. The first kappa shape index (κ1) is 16.0. The van der Waals surface area contributed by atoms with Gasteiger partial charge in [0, 0.05) is 18.3 Å². The van der Waals surface area contributed by atoms with Crippen LogP contribution >= 0.6 is 11.3 Å². The molecule has 0 radical (unpaired) electrons. The van der Waals surface area contributed by atoms with E-state index in [0.29, 0.717) is 12.3 Å². The van der Waals surface area contributed by atoms with Gasteiger partial charge in [0.1, 0.15) is 0 Å². The van der Waals surface area contributed by atoms with Crippen molar-refractivity contribution in [2.24, 2.45) is 5.92 Å². The maximum atomic E-state index is 10.5. The van der Waals surface area contributed by atoms with E-state index in [1.807, 2.05) is 5.38 Å². The molecule has 108 valence electrons. The molecule has 0 spiro atoms. The molecule has 1 atom stereocenters. The van der Waals surface area contributed by atoms with Crippen molar-refractivity contribution >= 4 is 22.4 Å². The molecule has 0 aromatic carbocycles. The van der Waals surface area contributed by atoms with Crippen LogP contribution in [0.3, 0.4) is 0 Å². The van der Waals surface area contributed by atoms with Gasteiger partial charge in [-0.1, -0.05) is 33.1 Å². The van der Waals surface area contributed by atoms with Crippen molar-refractivity contribution < 1.29 is 9.90 Å². The Labute approximate surface area is 119 Å². The zero-order valence-corrected chi connectivity index (χ0v) is 12.6. The smallest absolute Gasteiger partial charge is 0.303 e. The normalized spacial score (nSPS) is 12.3. The van der Waals surface area contributed by atoms with Crippen molar-refractivity contribution in [2.75, 3.05) is 11.9 Å². The molecule has 0 aliphatic carbocycles. The number of hydrogen-bond donors (Lipinski definition) is 2. The standard InChI is InChI=1S/C14H24N2O2S/c1-3-5-6-11(4-2)9-15-14-16-12(10-19-14)7-8-13(17)18/h10-11H,3-9H2,1-2H3,(H,15,16)(H,17,18). The predicted molar refractivity (Wildman–Crippen MR) is 79.9 cm³/mol. The van der Waals surface area contributed by atoms with Crippen molar-refractivity contribution in [1.29, 1.82) is 0 Å². The number of hydrogen-bond acceptors (Lipinski definition) is 4. The first-order valence-electron chi connectivity index (χ1n) is 7.05. The maximum Gasteiger partial charge on any atom is 0.303 e. The number of carbonyl (C=O) groups is 1. The Morgan fingerprint density at radius 2 is 2.32 bits per heavy atom. The lowest BCUT2D eigenvalue weighted by molar-refractivity contribution is -0.136. The molecule has 4 nitrogen and oxygen atoms in total. The highest BCUT2D eigenvalue weighted by molar-refractivity contribution is 7.13. The molecule has 0 amide bonds. The van der Waals surface area contributed by atoms with Gasteiger partial charge in [0.05, 0.1) is 12.1 Å². The fraction of sp³-hybridized carbons (Fsp3) is 0.714. The van der Waals surface area contributed by atoms with Crippen LogP contribution in [0.5, 0.6) is 0 Å². The van der Waals surface area contributed by atoms with Gasteiger partial charge in [0.2, 0.25) is 0 Å². The third-order valence-corrected chi connectivity index (χ3v) is 4.08. The summed E-state index contributed by atoms with van der Waals surface area (Å²) in [5, 5.41) is 14.9. The van der Waals surface area contributed by atoms with Gasteiger partial charge in [-0.05, 0) is 12.3 Å². The number of aromatic nitrogens is 1. The van der Waals surface area contributed by atoms with Crippen LogP contribution in [0, 0.1) is 5.92 Å². The van der Waals surface area contributed by atoms with E-state index in [9.17, 15) is 4.79 Å². The van der Waals surface area contributed by atoms with Crippen LogP contribution < -0.4 is 5.32 Å². The Morgan fingerprint density at radius 1 is 1.53 bits per heavy atom. The zero-order valence-electron chi connectivity index (χ0n) is 11.8. The molecule has 0 fully saturated rings. The van der Waals surface area contributed by atoms with Gasteiger partial charge in [-0.2, -0.15) is 0 Å². The number of rotatable bonds is 10. The Hall–Kier alpha value is -1.10. The van der Waals surface area contributed by atoms with E-state index in [0.717, 1.165) is 17.4 Å². The van der Waals surface area contributed by atoms with Gasteiger partial charge >= 0.3 is 5.97 Å². The summed E-state index contributed by atoms with van der Waals surface area (Å²) in [6, 6.07) is 0. The minimum absolute atomic E-state index is 0.150. The average Bonchev–Trinajstić information content (AvgIpc) is 2.84. The molecular weight excluding hydrogens is 260 g/mol. The molecule has 1 unspecified atom stereocenters. The van der Waals surface area contributed by atoms with E-state index in [1.165, 1.54) is 25.7 Å². The first-order valence-corrected chi connectivity index (χ1v) is 7.93. The van der Waals surface area contributed by atoms with Crippen LogP contribution in [0.25, 0.3) is 0 Å². The molecular formula is C14H24N2O2S. The lowest BCUT2D eigenvalue weighted by Crippen LogP contribution is -2.13. The number of carboxylic acids is 1. The maximum absolute atomic E-state index is 10.5. The zero-order chi connectivity index (χ0) is 14.1. The highest BCUT2D eigenvalue weighted by Crippen LogP contribution is 2.19. The van der Waals surface area contributed by atoms with E-state index in [4.69, 9.17) is 5.11 Å². The largest absolute Gasteiger partial charge is 0.481 e. The number of aliphatic carboxylic acids is 1. The quantitative estimate of drug-likeness (QED) is 0.686. The third-order valence-electron chi connectivity index (χ3n) is 3.23. The number of nitrogens with one attached hydrogen (secondary N) is 1. The fourth-order valence-electron chi connectivity index (χ4n) is 1.91. The summed E-state index contributed by atoms with van der Waals surface area (Å²) in [6.45, 7) is 5.40. The van der Waals surface area contributed by atoms with Crippen LogP contribution in [-0.2, 0) is 11.2 Å². The number of unbranched alkanes of at least 4 members (excludes halogenated alkanes) is 1. The lowest BCUT2D eigenvalue weighted by atomic mass is 10.00. The topological polar surface area (TPSA) is 62.2 Å². The molecule has 0 saturated carbocycles. The number of nitrogens with zero attached hydrogens (tertiary/aromatic N) is 1. The van der Waals surface area contributed by atoms with Crippen LogP contribution in [0.15, 0.2) is 5.38 Å². The number of carboxylic acid groups (broad SMARTS) is 1. The summed E-state index contributed by atoms with van der Waals surface area (Å²) >= 11 is 1.56. The molecule has 1 heterocycles. The third kappa shape index (κ3) is 6.57. The van der Waals surface area contributed by atoms with Crippen molar-refractivity contribution in [3.05, 3.63) is 11.1 Å². The second kappa shape index (κ2) is 8.91. The van der Waals surface area contributed by atoms with Crippen molar-refractivity contribution in [3.8, 4) is 0 Å². The van der Waals surface area contributed by atoms with Gasteiger partial charge < -0.3 is 10.4 Å². The summed E-state index contributed by atoms with van der Waals surface area (Å²) in [5.74, 6) is -0.0700. The first-order chi connectivity index (χ1) is 9.15. The predicted octanol–water partition coefficient (Wildman–Crippen LogP) is 3.79. The van der Waals surface area contributed by atoms with Crippen LogP contribution in [0.4, 0.5) is 5.13 Å². The second-order valence-electron chi connectivity index (χ2n) is 4.84. The van der Waals surface area contributed by atoms with E-state index in [1.54, 1.807) is 11.3 Å². The molecule has 1 aromatic heterocycles. The Morgan fingerprint density at radius 3 is 2.95 bits per heavy atom. The van der Waals surface area contributed by atoms with Crippen molar-refractivity contribution in [3.63, 3.8) is 0 Å². The molecule has 0 aliphatic heterocycles. The molecule has 1 aromatic rings. The van der Waals surface area contributed by atoms with E-state index in [2.05, 4.69) is 24.1 Å². The SMILES string of the molecule is CCCCC(CC)CNc1nc(CCC(=O)O)cs1. The highest BCUT2D eigenvalue weighted by Gasteiger charge is 2.08. The summed E-state index contributed by atoms with van der Waals surface area (Å²) in [5.41, 5.74) is 0.872. The summed E-state index contributed by atoms with van der Waals surface area (Å²) < 4.78 is 0. The number of aryl methyl sites for hydroxylation is 1. The molecule has 1 rings (SSSR count). The minimum atomic E-state index is -0.770. The summed E-state index contributed by atoms with van der Waals surface area (Å²) in [6.07, 6.45) is 5.63. The fourth-order valence-corrected chi connectivity index (χ4v) is 2.67. The Kier molecular flexibility index (Phi) is 7.48.